The Kier molecular flexibility index (Phi) is 4.59. The van der Waals surface area contributed by atoms with Gasteiger partial charge in [0, 0.05) is 6.04 Å². The molecule has 4 amide bonds. The number of nitrogens with zero attached hydrogens (tertiary/aromatic N) is 2. The number of urea groups is 1. The molecule has 0 bridgehead atoms. The number of carbonyl (C=O) groups is 3. The Morgan fingerprint density at radius 1 is 1.00 bits per heavy atom. The first-order valence-electron chi connectivity index (χ1n) is 7.87. The molecule has 5 nitrogen and oxygen atoms in total. The summed E-state index contributed by atoms with van der Waals surface area (Å²) >= 11 is 0. The zero-order valence-electron chi connectivity index (χ0n) is 14.4. The van der Waals surface area contributed by atoms with Crippen LogP contribution in [0.15, 0.2) is 24.3 Å². The topological polar surface area (TPSA) is 57.7 Å². The fourth-order valence-electron chi connectivity index (χ4n) is 2.61. The van der Waals surface area contributed by atoms with Crippen molar-refractivity contribution < 1.29 is 14.4 Å². The van der Waals surface area contributed by atoms with Crippen LogP contribution in [-0.2, 0) is 21.5 Å². The molecule has 0 aliphatic carbocycles. The van der Waals surface area contributed by atoms with E-state index in [1.165, 1.54) is 5.56 Å². The number of amides is 4. The van der Waals surface area contributed by atoms with Crippen LogP contribution in [0.25, 0.3) is 0 Å². The first kappa shape index (κ1) is 17.2. The summed E-state index contributed by atoms with van der Waals surface area (Å²) in [5.41, 5.74) is 2.12. The second-order valence-electron chi connectivity index (χ2n) is 7.24. The van der Waals surface area contributed by atoms with E-state index >= 15 is 0 Å². The zero-order valence-corrected chi connectivity index (χ0v) is 14.4. The summed E-state index contributed by atoms with van der Waals surface area (Å²) in [6.07, 6.45) is -0.246. The minimum atomic E-state index is -0.527. The third-order valence-corrected chi connectivity index (χ3v) is 3.99. The predicted octanol–water partition coefficient (Wildman–Crippen LogP) is 3.07. The molecule has 0 spiro atoms. The maximum absolute atomic E-state index is 12.4. The fourth-order valence-corrected chi connectivity index (χ4v) is 2.61. The van der Waals surface area contributed by atoms with Gasteiger partial charge in [0.25, 0.3) is 0 Å². The molecule has 0 saturated carbocycles. The molecule has 0 radical (unpaired) electrons. The summed E-state index contributed by atoms with van der Waals surface area (Å²) in [5, 5.41) is 0. The second kappa shape index (κ2) is 6.14. The van der Waals surface area contributed by atoms with Gasteiger partial charge in [0.05, 0.1) is 6.54 Å². The Bertz CT molecular complexity index is 627. The van der Waals surface area contributed by atoms with Gasteiger partial charge in [-0.2, -0.15) is 0 Å². The summed E-state index contributed by atoms with van der Waals surface area (Å²) in [4.78, 5) is 38.7. The van der Waals surface area contributed by atoms with Crippen molar-refractivity contribution in [2.24, 2.45) is 0 Å². The van der Waals surface area contributed by atoms with E-state index in [-0.39, 0.29) is 24.4 Å². The zero-order chi connectivity index (χ0) is 17.4. The molecule has 1 aliphatic heterocycles. The fraction of sp³-hybridized carbons (Fsp3) is 0.500. The van der Waals surface area contributed by atoms with Crippen molar-refractivity contribution in [3.05, 3.63) is 35.4 Å². The van der Waals surface area contributed by atoms with Gasteiger partial charge in [-0.05, 0) is 30.4 Å². The second-order valence-corrected chi connectivity index (χ2v) is 7.24. The van der Waals surface area contributed by atoms with E-state index < -0.39 is 17.8 Å². The van der Waals surface area contributed by atoms with Crippen molar-refractivity contribution in [3.8, 4) is 0 Å². The van der Waals surface area contributed by atoms with E-state index in [1.54, 1.807) is 13.8 Å². The van der Waals surface area contributed by atoms with Crippen molar-refractivity contribution in [2.75, 3.05) is 0 Å². The highest BCUT2D eigenvalue weighted by Gasteiger charge is 2.39. The molecule has 1 aliphatic rings. The SMILES string of the molecule is CC(C)N1C(=O)CC(=O)N(Cc2ccc(C(C)(C)C)cc2)C1=O. The number of hydrogen-bond acceptors (Lipinski definition) is 3. The Labute approximate surface area is 137 Å². The molecule has 0 unspecified atom stereocenters. The van der Waals surface area contributed by atoms with E-state index in [0.717, 1.165) is 15.4 Å². The maximum Gasteiger partial charge on any atom is 0.333 e. The molecule has 1 aromatic carbocycles. The van der Waals surface area contributed by atoms with Crippen LogP contribution in [-0.4, -0.2) is 33.7 Å². The molecule has 23 heavy (non-hydrogen) atoms. The molecule has 0 N–H and O–H groups in total. The van der Waals surface area contributed by atoms with E-state index in [2.05, 4.69) is 20.8 Å². The van der Waals surface area contributed by atoms with E-state index in [0.29, 0.717) is 0 Å². The summed E-state index contributed by atoms with van der Waals surface area (Å²) in [6, 6.07) is 7.10. The van der Waals surface area contributed by atoms with Crippen LogP contribution in [0, 0.1) is 0 Å². The number of carbonyl (C=O) groups excluding carboxylic acids is 3. The minimum absolute atomic E-state index is 0.0517. The lowest BCUT2D eigenvalue weighted by Crippen LogP contribution is -2.56. The van der Waals surface area contributed by atoms with Gasteiger partial charge in [0.1, 0.15) is 6.42 Å². The molecular weight excluding hydrogens is 292 g/mol. The molecule has 1 fully saturated rings. The molecular formula is C18H24N2O3. The number of rotatable bonds is 3. The first-order chi connectivity index (χ1) is 10.6. The molecule has 1 heterocycles. The average molecular weight is 316 g/mol. The van der Waals surface area contributed by atoms with E-state index in [1.807, 2.05) is 24.3 Å². The third-order valence-electron chi connectivity index (χ3n) is 3.99. The number of benzene rings is 1. The summed E-state index contributed by atoms with van der Waals surface area (Å²) in [5.74, 6) is -0.855. The standard InChI is InChI=1S/C18H24N2O3/c1-12(2)20-16(22)10-15(21)19(17(20)23)11-13-6-8-14(9-7-13)18(3,4)5/h6-9,12H,10-11H2,1-5H3. The Balaban J connectivity index is 2.19. The third kappa shape index (κ3) is 3.60. The van der Waals surface area contributed by atoms with Gasteiger partial charge >= 0.3 is 6.03 Å². The van der Waals surface area contributed by atoms with Gasteiger partial charge < -0.3 is 0 Å². The van der Waals surface area contributed by atoms with Gasteiger partial charge in [-0.15, -0.1) is 0 Å². The lowest BCUT2D eigenvalue weighted by molar-refractivity contribution is -0.143. The molecule has 124 valence electrons. The maximum atomic E-state index is 12.4. The highest BCUT2D eigenvalue weighted by molar-refractivity contribution is 6.14. The van der Waals surface area contributed by atoms with Crippen molar-refractivity contribution in [1.82, 2.24) is 9.80 Å². The largest absolute Gasteiger partial charge is 0.333 e. The monoisotopic (exact) mass is 316 g/mol. The summed E-state index contributed by atoms with van der Waals surface area (Å²) < 4.78 is 0. The quantitative estimate of drug-likeness (QED) is 0.805. The number of hydrogen-bond donors (Lipinski definition) is 0. The van der Waals surface area contributed by atoms with Gasteiger partial charge in [-0.3, -0.25) is 19.4 Å². The molecule has 1 aromatic rings. The molecule has 2 rings (SSSR count). The first-order valence-corrected chi connectivity index (χ1v) is 7.87. The van der Waals surface area contributed by atoms with Crippen molar-refractivity contribution >= 4 is 17.8 Å². The predicted molar refractivity (Wildman–Crippen MR) is 87.7 cm³/mol. The Morgan fingerprint density at radius 2 is 1.57 bits per heavy atom. The van der Waals surface area contributed by atoms with Crippen LogP contribution in [0.4, 0.5) is 4.79 Å². The van der Waals surface area contributed by atoms with Crippen LogP contribution >= 0.6 is 0 Å². The van der Waals surface area contributed by atoms with Crippen LogP contribution in [0.2, 0.25) is 0 Å². The summed E-state index contributed by atoms with van der Waals surface area (Å²) in [6.45, 7) is 10.1. The van der Waals surface area contributed by atoms with Gasteiger partial charge in [0.2, 0.25) is 11.8 Å². The van der Waals surface area contributed by atoms with E-state index in [4.69, 9.17) is 0 Å². The van der Waals surface area contributed by atoms with Crippen molar-refractivity contribution in [3.63, 3.8) is 0 Å². The van der Waals surface area contributed by atoms with Crippen LogP contribution in [0.5, 0.6) is 0 Å². The molecule has 5 heteroatoms. The smallest absolute Gasteiger partial charge is 0.274 e. The van der Waals surface area contributed by atoms with Gasteiger partial charge in [-0.1, -0.05) is 45.0 Å². The lowest BCUT2D eigenvalue weighted by atomic mass is 9.87. The molecule has 0 atom stereocenters. The highest BCUT2D eigenvalue weighted by Crippen LogP contribution is 2.23. The Hall–Kier alpha value is -2.17. The van der Waals surface area contributed by atoms with Crippen LogP contribution in [0.3, 0.4) is 0 Å². The lowest BCUT2D eigenvalue weighted by Gasteiger charge is -2.35. The molecule has 0 aromatic heterocycles. The van der Waals surface area contributed by atoms with Gasteiger partial charge in [0.15, 0.2) is 0 Å². The van der Waals surface area contributed by atoms with E-state index in [9.17, 15) is 14.4 Å². The average Bonchev–Trinajstić information content (AvgIpc) is 2.42. The number of barbiturate groups is 1. The minimum Gasteiger partial charge on any atom is -0.274 e. The normalized spacial score (nSPS) is 16.5. The molecule has 1 saturated heterocycles. The van der Waals surface area contributed by atoms with Crippen LogP contribution < -0.4 is 0 Å². The van der Waals surface area contributed by atoms with Gasteiger partial charge in [-0.25, -0.2) is 4.79 Å². The summed E-state index contributed by atoms with van der Waals surface area (Å²) in [7, 11) is 0. The Morgan fingerprint density at radius 3 is 2.04 bits per heavy atom. The number of imide groups is 2. The van der Waals surface area contributed by atoms with Crippen molar-refractivity contribution in [2.45, 2.75) is 59.0 Å². The van der Waals surface area contributed by atoms with Crippen LogP contribution in [0.1, 0.15) is 52.2 Å². The highest BCUT2D eigenvalue weighted by atomic mass is 16.2. The van der Waals surface area contributed by atoms with Crippen molar-refractivity contribution in [1.29, 1.82) is 0 Å².